The maximum atomic E-state index is 13.9. The number of anilines is 1. The van der Waals surface area contributed by atoms with E-state index >= 15 is 0 Å². The average Bonchev–Trinajstić information content (AvgIpc) is 2.87. The van der Waals surface area contributed by atoms with Gasteiger partial charge < -0.3 is 9.47 Å². The van der Waals surface area contributed by atoms with Crippen LogP contribution in [0.1, 0.15) is 44.9 Å². The molecule has 0 fully saturated rings. The van der Waals surface area contributed by atoms with Crippen LogP contribution in [-0.4, -0.2) is 18.8 Å². The smallest absolute Gasteiger partial charge is 0.415 e. The van der Waals surface area contributed by atoms with E-state index in [-0.39, 0.29) is 0 Å². The minimum atomic E-state index is -1.12. The lowest BCUT2D eigenvalue weighted by Crippen LogP contribution is -2.50. The van der Waals surface area contributed by atoms with Crippen molar-refractivity contribution >= 4 is 11.8 Å². The third kappa shape index (κ3) is 5.50. The summed E-state index contributed by atoms with van der Waals surface area (Å²) in [4.78, 5) is 15.5. The van der Waals surface area contributed by atoms with Crippen molar-refractivity contribution in [2.24, 2.45) is 5.92 Å². The van der Waals surface area contributed by atoms with Crippen LogP contribution in [0.4, 0.5) is 10.5 Å². The Morgan fingerprint density at radius 1 is 0.833 bits per heavy atom. The number of methoxy groups -OCH3 is 1. The van der Waals surface area contributed by atoms with Crippen molar-refractivity contribution in [3.05, 3.63) is 96.1 Å². The minimum Gasteiger partial charge on any atom is -0.497 e. The molecule has 184 valence electrons. The third-order valence-electron chi connectivity index (χ3n) is 6.14. The summed E-state index contributed by atoms with van der Waals surface area (Å²) in [6.45, 7) is 7.27. The number of rotatable bonds is 7. The largest absolute Gasteiger partial charge is 0.497 e. The van der Waals surface area contributed by atoms with Gasteiger partial charge in [0.05, 0.1) is 25.3 Å². The quantitative estimate of drug-likeness (QED) is 0.370. The molecule has 3 rings (SSSR count). The van der Waals surface area contributed by atoms with Gasteiger partial charge in [0, 0.05) is 11.1 Å². The van der Waals surface area contributed by atoms with E-state index < -0.39 is 29.1 Å². The maximum absolute atomic E-state index is 13.9. The predicted molar refractivity (Wildman–Crippen MR) is 139 cm³/mol. The number of amides is 1. The number of nitriles is 2. The molecule has 0 unspecified atom stereocenters. The van der Waals surface area contributed by atoms with Crippen molar-refractivity contribution in [3.8, 4) is 17.9 Å². The van der Waals surface area contributed by atoms with E-state index in [9.17, 15) is 15.3 Å². The Bertz CT molecular complexity index is 1230. The Morgan fingerprint density at radius 3 is 1.83 bits per heavy atom. The van der Waals surface area contributed by atoms with Gasteiger partial charge in [-0.1, -0.05) is 67.6 Å². The summed E-state index contributed by atoms with van der Waals surface area (Å²) in [5.74, 6) is -0.440. The molecule has 0 radical (unpaired) electrons. The molecule has 2 atom stereocenters. The molecule has 36 heavy (non-hydrogen) atoms. The van der Waals surface area contributed by atoms with Crippen molar-refractivity contribution in [2.75, 3.05) is 12.0 Å². The van der Waals surface area contributed by atoms with Crippen molar-refractivity contribution in [2.45, 2.75) is 44.8 Å². The lowest BCUT2D eigenvalue weighted by molar-refractivity contribution is 0.0543. The van der Waals surface area contributed by atoms with Crippen LogP contribution in [0.15, 0.2) is 84.9 Å². The molecular formula is C30H31N3O3. The van der Waals surface area contributed by atoms with E-state index in [2.05, 4.69) is 12.1 Å². The molecule has 0 aromatic heterocycles. The van der Waals surface area contributed by atoms with Crippen molar-refractivity contribution in [3.63, 3.8) is 0 Å². The molecule has 0 bridgehead atoms. The fourth-order valence-electron chi connectivity index (χ4n) is 4.39. The van der Waals surface area contributed by atoms with Gasteiger partial charge in [0.15, 0.2) is 0 Å². The summed E-state index contributed by atoms with van der Waals surface area (Å²) in [7, 11) is 1.57. The number of benzene rings is 3. The molecule has 0 aliphatic carbocycles. The molecule has 3 aromatic rings. The van der Waals surface area contributed by atoms with Crippen LogP contribution in [0.5, 0.6) is 5.75 Å². The Kier molecular flexibility index (Phi) is 8.02. The molecule has 0 spiro atoms. The molecule has 0 saturated heterocycles. The Balaban J connectivity index is 2.38. The van der Waals surface area contributed by atoms with Gasteiger partial charge in [-0.05, 0) is 56.2 Å². The van der Waals surface area contributed by atoms with Gasteiger partial charge in [-0.15, -0.1) is 0 Å². The second-order valence-electron chi connectivity index (χ2n) is 9.70. The van der Waals surface area contributed by atoms with Gasteiger partial charge in [0.2, 0.25) is 0 Å². The van der Waals surface area contributed by atoms with Crippen LogP contribution in [0, 0.1) is 28.6 Å². The first kappa shape index (κ1) is 26.3. The monoisotopic (exact) mass is 481 g/mol. The van der Waals surface area contributed by atoms with E-state index in [0.29, 0.717) is 11.4 Å². The number of ether oxygens (including phenoxy) is 2. The number of nitrogens with zero attached hydrogens (tertiary/aromatic N) is 3. The van der Waals surface area contributed by atoms with Gasteiger partial charge >= 0.3 is 6.09 Å². The first-order valence-electron chi connectivity index (χ1n) is 11.7. The second-order valence-corrected chi connectivity index (χ2v) is 9.70. The van der Waals surface area contributed by atoms with Crippen LogP contribution in [0.2, 0.25) is 0 Å². The highest BCUT2D eigenvalue weighted by Gasteiger charge is 2.49. The number of carbonyl (C=O) groups excluding carboxylic acids is 1. The van der Waals surface area contributed by atoms with E-state index in [1.807, 2.05) is 67.6 Å². The lowest BCUT2D eigenvalue weighted by Gasteiger charge is -2.45. The highest BCUT2D eigenvalue weighted by atomic mass is 16.6. The van der Waals surface area contributed by atoms with E-state index in [1.54, 1.807) is 57.0 Å². The third-order valence-corrected chi connectivity index (χ3v) is 6.14. The highest BCUT2D eigenvalue weighted by molar-refractivity contribution is 5.89. The van der Waals surface area contributed by atoms with Crippen LogP contribution >= 0.6 is 0 Å². The first-order valence-corrected chi connectivity index (χ1v) is 11.7. The fourth-order valence-corrected chi connectivity index (χ4v) is 4.39. The SMILES string of the molecule is COc1ccc(N(C(=O)OC(C)(C)C)[C@H](c2ccccc2)[C@@](C)(c2ccccc2)C(C#N)C#N)cc1. The summed E-state index contributed by atoms with van der Waals surface area (Å²) >= 11 is 0. The zero-order valence-electron chi connectivity index (χ0n) is 21.3. The minimum absolute atomic E-state index is 0.552. The molecule has 1 amide bonds. The molecule has 0 heterocycles. The van der Waals surface area contributed by atoms with E-state index in [4.69, 9.17) is 9.47 Å². The highest BCUT2D eigenvalue weighted by Crippen LogP contribution is 2.48. The Labute approximate surface area is 213 Å². The Hall–Kier alpha value is -4.29. The van der Waals surface area contributed by atoms with E-state index in [0.717, 1.165) is 11.1 Å². The van der Waals surface area contributed by atoms with Crippen molar-refractivity contribution in [1.82, 2.24) is 0 Å². The molecule has 0 saturated carbocycles. The molecule has 0 N–H and O–H groups in total. The predicted octanol–water partition coefficient (Wildman–Crippen LogP) is 6.80. The number of carbonyl (C=O) groups is 1. The van der Waals surface area contributed by atoms with Crippen LogP contribution in [0.25, 0.3) is 0 Å². The summed E-state index contributed by atoms with van der Waals surface area (Å²) in [5.41, 5.74) is 0.185. The van der Waals surface area contributed by atoms with Gasteiger partial charge in [-0.25, -0.2) is 4.79 Å². The van der Waals surface area contributed by atoms with Gasteiger partial charge in [0.1, 0.15) is 17.3 Å². The average molecular weight is 482 g/mol. The summed E-state index contributed by atoms with van der Waals surface area (Å²) in [6.07, 6.45) is -0.585. The summed E-state index contributed by atoms with van der Waals surface area (Å²) in [6, 6.07) is 29.5. The molecule has 0 aliphatic heterocycles. The number of hydrogen-bond donors (Lipinski definition) is 0. The van der Waals surface area contributed by atoms with E-state index in [1.165, 1.54) is 0 Å². The normalized spacial score (nSPS) is 13.6. The zero-order valence-corrected chi connectivity index (χ0v) is 21.3. The standard InChI is InChI=1S/C30H31N3O3/c1-29(2,3)36-28(34)33(25-16-18-26(35-5)19-17-25)27(22-12-8-6-9-13-22)30(4,24(20-31)21-32)23-14-10-7-11-15-23/h6-19,24,27H,1-5H3/t27-,30+/m1/s1. The van der Waals surface area contributed by atoms with Gasteiger partial charge in [-0.3, -0.25) is 4.90 Å². The van der Waals surface area contributed by atoms with Gasteiger partial charge in [-0.2, -0.15) is 10.5 Å². The Morgan fingerprint density at radius 2 is 1.36 bits per heavy atom. The molecular weight excluding hydrogens is 450 g/mol. The lowest BCUT2D eigenvalue weighted by atomic mass is 9.65. The zero-order chi connectivity index (χ0) is 26.3. The number of hydrogen-bond acceptors (Lipinski definition) is 5. The topological polar surface area (TPSA) is 86.3 Å². The van der Waals surface area contributed by atoms with Crippen molar-refractivity contribution in [1.29, 1.82) is 10.5 Å². The van der Waals surface area contributed by atoms with Crippen LogP contribution in [0.3, 0.4) is 0 Å². The van der Waals surface area contributed by atoms with Crippen molar-refractivity contribution < 1.29 is 14.3 Å². The maximum Gasteiger partial charge on any atom is 0.415 e. The molecule has 3 aromatic carbocycles. The fraction of sp³-hybridized carbons (Fsp3) is 0.300. The molecule has 6 heteroatoms. The summed E-state index contributed by atoms with van der Waals surface area (Å²) in [5, 5.41) is 20.3. The first-order chi connectivity index (χ1) is 17.2. The van der Waals surface area contributed by atoms with Crippen LogP contribution < -0.4 is 9.64 Å². The molecule has 0 aliphatic rings. The van der Waals surface area contributed by atoms with Gasteiger partial charge in [0.25, 0.3) is 0 Å². The molecule has 6 nitrogen and oxygen atoms in total. The second kappa shape index (κ2) is 11.0. The summed E-state index contributed by atoms with van der Waals surface area (Å²) < 4.78 is 11.2. The van der Waals surface area contributed by atoms with Crippen LogP contribution in [-0.2, 0) is 10.2 Å².